The van der Waals surface area contributed by atoms with Gasteiger partial charge in [-0.3, -0.25) is 9.48 Å². The molecule has 0 bridgehead atoms. The molecule has 0 unspecified atom stereocenters. The molecular formula is C35H49N3O3Si. The van der Waals surface area contributed by atoms with E-state index in [1.165, 1.54) is 18.4 Å². The maximum Gasteiger partial charge on any atom is 0.253 e. The molecule has 1 aliphatic carbocycles. The van der Waals surface area contributed by atoms with Crippen LogP contribution in [0, 0.1) is 11.8 Å². The van der Waals surface area contributed by atoms with E-state index >= 15 is 0 Å². The van der Waals surface area contributed by atoms with Crippen molar-refractivity contribution in [1.29, 1.82) is 0 Å². The maximum absolute atomic E-state index is 13.2. The molecule has 1 aliphatic heterocycles. The Kier molecular flexibility index (Phi) is 9.58. The van der Waals surface area contributed by atoms with E-state index in [-0.39, 0.29) is 17.0 Å². The van der Waals surface area contributed by atoms with Gasteiger partial charge in [-0.25, -0.2) is 0 Å². The lowest BCUT2D eigenvalue weighted by Gasteiger charge is -2.41. The van der Waals surface area contributed by atoms with Crippen LogP contribution in [0.5, 0.6) is 5.75 Å². The third kappa shape index (κ3) is 7.53. The van der Waals surface area contributed by atoms with Crippen molar-refractivity contribution in [1.82, 2.24) is 14.7 Å². The van der Waals surface area contributed by atoms with Gasteiger partial charge in [-0.15, -0.1) is 0 Å². The quantitative estimate of drug-likeness (QED) is 0.227. The highest BCUT2D eigenvalue weighted by molar-refractivity contribution is 6.74. The fourth-order valence-electron chi connectivity index (χ4n) is 6.28. The van der Waals surface area contributed by atoms with Crippen LogP contribution in [-0.4, -0.2) is 54.7 Å². The number of para-hydroxylation sites is 1. The van der Waals surface area contributed by atoms with E-state index in [0.29, 0.717) is 24.5 Å². The summed E-state index contributed by atoms with van der Waals surface area (Å²) in [5, 5.41) is 4.54. The molecule has 1 aromatic heterocycles. The zero-order valence-corrected chi connectivity index (χ0v) is 27.2. The number of amides is 1. The number of benzene rings is 2. The van der Waals surface area contributed by atoms with Crippen molar-refractivity contribution in [3.8, 4) is 5.75 Å². The molecule has 1 saturated carbocycles. The van der Waals surface area contributed by atoms with Crippen molar-refractivity contribution < 1.29 is 14.0 Å². The standard InChI is InChI=1S/C35H49N3O3Si/c1-35(2,3)42(4,5)41-33(26-40-32-10-7-6-8-11-32)30-17-14-28(25-30)24-27-12-15-29(16-13-27)34(39)37-22-18-31(19-23-37)38-21-9-20-36-38/h6-13,15-16,20-21,28,30-31,33H,14,17-19,22-26H2,1-5H3/t28-,30-,33+/m0/s1. The van der Waals surface area contributed by atoms with E-state index in [2.05, 4.69) is 51.1 Å². The number of hydrogen-bond acceptors (Lipinski definition) is 4. The SMILES string of the molecule is CC(C)(C)[Si](C)(C)O[C@H](COc1ccccc1)[C@H]1CC[C@@H](Cc2ccc(C(=O)N3CCC(n4cccn4)CC3)cc2)C1. The Balaban J connectivity index is 1.15. The number of ether oxygens (including phenoxy) is 1. The average molecular weight is 588 g/mol. The van der Waals surface area contributed by atoms with E-state index in [4.69, 9.17) is 9.16 Å². The van der Waals surface area contributed by atoms with Gasteiger partial charge in [0.25, 0.3) is 5.91 Å². The molecule has 2 fully saturated rings. The second-order valence-corrected chi connectivity index (χ2v) is 18.6. The Hall–Kier alpha value is -2.90. The smallest absolute Gasteiger partial charge is 0.253 e. The molecule has 0 radical (unpaired) electrons. The van der Waals surface area contributed by atoms with Crippen LogP contribution in [0.2, 0.25) is 18.1 Å². The Morgan fingerprint density at radius 3 is 2.33 bits per heavy atom. The van der Waals surface area contributed by atoms with Gasteiger partial charge in [0.05, 0.1) is 12.1 Å². The van der Waals surface area contributed by atoms with Crippen LogP contribution in [0.15, 0.2) is 73.1 Å². The van der Waals surface area contributed by atoms with Crippen molar-refractivity contribution in [2.45, 2.75) is 89.6 Å². The van der Waals surface area contributed by atoms with Gasteiger partial charge in [0, 0.05) is 31.0 Å². The first-order valence-corrected chi connectivity index (χ1v) is 18.7. The first-order valence-electron chi connectivity index (χ1n) is 15.8. The summed E-state index contributed by atoms with van der Waals surface area (Å²) >= 11 is 0. The van der Waals surface area contributed by atoms with Crippen LogP contribution in [-0.2, 0) is 10.8 Å². The van der Waals surface area contributed by atoms with Crippen LogP contribution < -0.4 is 4.74 Å². The lowest BCUT2D eigenvalue weighted by atomic mass is 9.94. The van der Waals surface area contributed by atoms with E-state index < -0.39 is 8.32 Å². The highest BCUT2D eigenvalue weighted by atomic mass is 28.4. The number of likely N-dealkylation sites (tertiary alicyclic amines) is 1. The molecule has 0 N–H and O–H groups in total. The number of hydrogen-bond donors (Lipinski definition) is 0. The summed E-state index contributed by atoms with van der Waals surface area (Å²) < 4.78 is 15.3. The zero-order valence-electron chi connectivity index (χ0n) is 26.2. The summed E-state index contributed by atoms with van der Waals surface area (Å²) in [7, 11) is -1.94. The Labute approximate surface area is 253 Å². The summed E-state index contributed by atoms with van der Waals surface area (Å²) in [6, 6.07) is 20.9. The first-order chi connectivity index (χ1) is 20.1. The lowest BCUT2D eigenvalue weighted by molar-refractivity contribution is 0.0664. The molecule has 7 heteroatoms. The first kappa shape index (κ1) is 30.6. The van der Waals surface area contributed by atoms with Crippen molar-refractivity contribution in [3.05, 3.63) is 84.2 Å². The highest BCUT2D eigenvalue weighted by Gasteiger charge is 2.42. The van der Waals surface area contributed by atoms with E-state index in [1.54, 1.807) is 0 Å². The molecule has 0 spiro atoms. The van der Waals surface area contributed by atoms with Crippen molar-refractivity contribution in [3.63, 3.8) is 0 Å². The lowest BCUT2D eigenvalue weighted by Crippen LogP contribution is -2.47. The highest BCUT2D eigenvalue weighted by Crippen LogP contribution is 2.42. The number of piperidine rings is 1. The molecule has 226 valence electrons. The van der Waals surface area contributed by atoms with E-state index in [9.17, 15) is 4.79 Å². The predicted molar refractivity (Wildman–Crippen MR) is 171 cm³/mol. The molecule has 3 aromatic rings. The minimum atomic E-state index is -1.94. The normalized spacial score (nSPS) is 20.9. The number of nitrogens with zero attached hydrogens (tertiary/aromatic N) is 3. The second-order valence-electron chi connectivity index (χ2n) is 13.9. The summed E-state index contributed by atoms with van der Waals surface area (Å²) in [6.07, 6.45) is 10.4. The molecule has 6 nitrogen and oxygen atoms in total. The van der Waals surface area contributed by atoms with Crippen LogP contribution >= 0.6 is 0 Å². The van der Waals surface area contributed by atoms with Gasteiger partial charge in [0.15, 0.2) is 8.32 Å². The van der Waals surface area contributed by atoms with Gasteiger partial charge in [0.1, 0.15) is 12.4 Å². The summed E-state index contributed by atoms with van der Waals surface area (Å²) in [5.74, 6) is 2.18. The van der Waals surface area contributed by atoms with Crippen molar-refractivity contribution >= 4 is 14.2 Å². The fourth-order valence-corrected chi connectivity index (χ4v) is 7.65. The van der Waals surface area contributed by atoms with E-state index in [1.807, 2.05) is 70.5 Å². The summed E-state index contributed by atoms with van der Waals surface area (Å²) in [5.41, 5.74) is 2.11. The number of carbonyl (C=O) groups is 1. The largest absolute Gasteiger partial charge is 0.491 e. The van der Waals surface area contributed by atoms with Gasteiger partial charge in [-0.05, 0) is 104 Å². The zero-order chi connectivity index (χ0) is 29.7. The topological polar surface area (TPSA) is 56.6 Å². The fraction of sp³-hybridized carbons (Fsp3) is 0.543. The molecule has 42 heavy (non-hydrogen) atoms. The third-order valence-electron chi connectivity index (χ3n) is 9.89. The van der Waals surface area contributed by atoms with E-state index in [0.717, 1.165) is 50.1 Å². The number of rotatable bonds is 10. The molecule has 1 amide bonds. The Bertz CT molecular complexity index is 1260. The average Bonchev–Trinajstić information content (AvgIpc) is 3.68. The molecule has 2 aromatic carbocycles. The van der Waals surface area contributed by atoms with Crippen molar-refractivity contribution in [2.75, 3.05) is 19.7 Å². The Morgan fingerprint density at radius 2 is 1.69 bits per heavy atom. The molecule has 5 rings (SSSR count). The van der Waals surface area contributed by atoms with Crippen LogP contribution in [0.4, 0.5) is 0 Å². The minimum absolute atomic E-state index is 0.105. The molecular weight excluding hydrogens is 538 g/mol. The monoisotopic (exact) mass is 587 g/mol. The molecule has 1 saturated heterocycles. The number of aromatic nitrogens is 2. The van der Waals surface area contributed by atoms with Crippen molar-refractivity contribution in [2.24, 2.45) is 11.8 Å². The Morgan fingerprint density at radius 1 is 0.976 bits per heavy atom. The molecule has 2 aliphatic rings. The number of carbonyl (C=O) groups excluding carboxylic acids is 1. The van der Waals surface area contributed by atoms with Crippen LogP contribution in [0.3, 0.4) is 0 Å². The van der Waals surface area contributed by atoms with Gasteiger partial charge in [-0.1, -0.05) is 51.1 Å². The van der Waals surface area contributed by atoms with Crippen LogP contribution in [0.1, 0.15) is 74.8 Å². The van der Waals surface area contributed by atoms with Gasteiger partial charge in [-0.2, -0.15) is 5.10 Å². The molecule has 2 heterocycles. The maximum atomic E-state index is 13.2. The van der Waals surface area contributed by atoms with Gasteiger partial charge < -0.3 is 14.1 Å². The molecule has 3 atom stereocenters. The van der Waals surface area contributed by atoms with Crippen LogP contribution in [0.25, 0.3) is 0 Å². The third-order valence-corrected chi connectivity index (χ3v) is 14.4. The van der Waals surface area contributed by atoms with Gasteiger partial charge >= 0.3 is 0 Å². The summed E-state index contributed by atoms with van der Waals surface area (Å²) in [4.78, 5) is 15.2. The van der Waals surface area contributed by atoms with Gasteiger partial charge in [0.2, 0.25) is 0 Å². The predicted octanol–water partition coefficient (Wildman–Crippen LogP) is 7.79. The minimum Gasteiger partial charge on any atom is -0.491 e. The second kappa shape index (κ2) is 13.2. The summed E-state index contributed by atoms with van der Waals surface area (Å²) in [6.45, 7) is 13.8.